The molecule has 0 bridgehead atoms. The van der Waals surface area contributed by atoms with Gasteiger partial charge < -0.3 is 14.4 Å². The predicted molar refractivity (Wildman–Crippen MR) is 114 cm³/mol. The van der Waals surface area contributed by atoms with Gasteiger partial charge in [-0.1, -0.05) is 24.3 Å². The van der Waals surface area contributed by atoms with Crippen molar-refractivity contribution in [1.29, 1.82) is 0 Å². The fraction of sp³-hybridized carbons (Fsp3) is 0.478. The van der Waals surface area contributed by atoms with E-state index in [1.807, 2.05) is 35.2 Å². The summed E-state index contributed by atoms with van der Waals surface area (Å²) in [4.78, 5) is 23.4. The Morgan fingerprint density at radius 1 is 0.933 bits per heavy atom. The van der Waals surface area contributed by atoms with E-state index in [9.17, 15) is 4.79 Å². The minimum atomic E-state index is 0.222. The van der Waals surface area contributed by atoms with Crippen LogP contribution in [0.25, 0.3) is 0 Å². The van der Waals surface area contributed by atoms with Crippen molar-refractivity contribution in [1.82, 2.24) is 19.7 Å². The Kier molecular flexibility index (Phi) is 7.29. The minimum absolute atomic E-state index is 0.222. The molecular formula is C23H30N4O3. The summed E-state index contributed by atoms with van der Waals surface area (Å²) in [5.41, 5.74) is 2.11. The molecular weight excluding hydrogens is 380 g/mol. The molecule has 0 saturated carbocycles. The predicted octanol–water partition coefficient (Wildman–Crippen LogP) is 1.64. The average molecular weight is 411 g/mol. The third-order valence-electron chi connectivity index (χ3n) is 5.66. The molecule has 2 aliphatic heterocycles. The van der Waals surface area contributed by atoms with Crippen LogP contribution < -0.4 is 4.74 Å². The molecule has 1 amide bonds. The van der Waals surface area contributed by atoms with Crippen molar-refractivity contribution in [3.63, 3.8) is 0 Å². The molecule has 4 rings (SSSR count). The zero-order chi connectivity index (χ0) is 20.6. The van der Waals surface area contributed by atoms with Crippen LogP contribution in [-0.2, 0) is 22.7 Å². The summed E-state index contributed by atoms with van der Waals surface area (Å²) in [5.74, 6) is 1.13. The summed E-state index contributed by atoms with van der Waals surface area (Å²) >= 11 is 0. The molecule has 0 spiro atoms. The number of nitrogens with zero attached hydrogens (tertiary/aromatic N) is 4. The van der Waals surface area contributed by atoms with E-state index in [1.54, 1.807) is 6.20 Å². The van der Waals surface area contributed by atoms with Crippen molar-refractivity contribution in [2.24, 2.45) is 0 Å². The highest BCUT2D eigenvalue weighted by atomic mass is 16.5. The molecule has 0 aliphatic carbocycles. The number of amides is 1. The lowest BCUT2D eigenvalue weighted by atomic mass is 10.1. The summed E-state index contributed by atoms with van der Waals surface area (Å²) in [6.07, 6.45) is 1.79. The first-order valence-corrected chi connectivity index (χ1v) is 10.7. The molecule has 0 atom stereocenters. The van der Waals surface area contributed by atoms with E-state index in [-0.39, 0.29) is 5.91 Å². The quantitative estimate of drug-likeness (QED) is 0.692. The lowest BCUT2D eigenvalue weighted by Gasteiger charge is -2.36. The van der Waals surface area contributed by atoms with Gasteiger partial charge in [0.25, 0.3) is 0 Å². The molecule has 0 radical (unpaired) electrons. The van der Waals surface area contributed by atoms with Crippen molar-refractivity contribution in [2.75, 3.05) is 59.0 Å². The van der Waals surface area contributed by atoms with Crippen LogP contribution in [0.5, 0.6) is 5.75 Å². The van der Waals surface area contributed by atoms with Gasteiger partial charge in [0.15, 0.2) is 0 Å². The molecule has 1 aromatic carbocycles. The maximum Gasteiger partial charge on any atom is 0.236 e. The first-order valence-electron chi connectivity index (χ1n) is 10.7. The number of hydrogen-bond donors (Lipinski definition) is 0. The van der Waals surface area contributed by atoms with Crippen LogP contribution in [0.3, 0.4) is 0 Å². The molecule has 2 saturated heterocycles. The van der Waals surface area contributed by atoms with Crippen LogP contribution in [0.2, 0.25) is 0 Å². The smallest absolute Gasteiger partial charge is 0.236 e. The van der Waals surface area contributed by atoms with E-state index in [4.69, 9.17) is 9.47 Å². The Balaban J connectivity index is 1.25. The number of morpholine rings is 1. The second kappa shape index (κ2) is 10.5. The number of pyridine rings is 1. The van der Waals surface area contributed by atoms with Gasteiger partial charge in [0, 0.05) is 57.6 Å². The molecule has 1 aromatic heterocycles. The van der Waals surface area contributed by atoms with E-state index in [2.05, 4.69) is 26.9 Å². The Bertz CT molecular complexity index is 803. The SMILES string of the molecule is O=C(CN1CCN(Cc2ccccc2OCc2ccccn2)CC1)N1CCOCC1. The molecule has 2 fully saturated rings. The summed E-state index contributed by atoms with van der Waals surface area (Å²) in [5, 5.41) is 0. The van der Waals surface area contributed by atoms with Gasteiger partial charge in [-0.3, -0.25) is 19.6 Å². The van der Waals surface area contributed by atoms with Crippen LogP contribution in [-0.4, -0.2) is 84.6 Å². The molecule has 2 aromatic rings. The number of benzene rings is 1. The summed E-state index contributed by atoms with van der Waals surface area (Å²) in [6, 6.07) is 14.1. The molecule has 2 aliphatic rings. The van der Waals surface area contributed by atoms with E-state index in [1.165, 1.54) is 5.56 Å². The zero-order valence-corrected chi connectivity index (χ0v) is 17.4. The van der Waals surface area contributed by atoms with Crippen LogP contribution in [0.15, 0.2) is 48.7 Å². The Hall–Kier alpha value is -2.48. The van der Waals surface area contributed by atoms with Crippen molar-refractivity contribution >= 4 is 5.91 Å². The van der Waals surface area contributed by atoms with Crippen molar-refractivity contribution < 1.29 is 14.3 Å². The fourth-order valence-electron chi connectivity index (χ4n) is 3.86. The van der Waals surface area contributed by atoms with E-state index in [0.29, 0.717) is 39.5 Å². The standard InChI is InChI=1S/C23H30N4O3/c28-23(27-13-15-29-16-14-27)18-26-11-9-25(10-12-26)17-20-5-1-2-7-22(20)30-19-21-6-3-4-8-24-21/h1-8H,9-19H2. The first kappa shape index (κ1) is 20.8. The van der Waals surface area contributed by atoms with Crippen LogP contribution in [0.4, 0.5) is 0 Å². The average Bonchev–Trinajstić information content (AvgIpc) is 2.81. The fourth-order valence-corrected chi connectivity index (χ4v) is 3.86. The maximum atomic E-state index is 12.5. The summed E-state index contributed by atoms with van der Waals surface area (Å²) in [7, 11) is 0. The number of ether oxygens (including phenoxy) is 2. The van der Waals surface area contributed by atoms with Crippen LogP contribution in [0, 0.1) is 0 Å². The molecule has 0 N–H and O–H groups in total. The molecule has 160 valence electrons. The minimum Gasteiger partial charge on any atom is -0.487 e. The number of hydrogen-bond acceptors (Lipinski definition) is 6. The van der Waals surface area contributed by atoms with Gasteiger partial charge >= 0.3 is 0 Å². The number of carbonyl (C=O) groups is 1. The Morgan fingerprint density at radius 3 is 2.43 bits per heavy atom. The lowest BCUT2D eigenvalue weighted by Crippen LogP contribution is -2.51. The summed E-state index contributed by atoms with van der Waals surface area (Å²) < 4.78 is 11.4. The van der Waals surface area contributed by atoms with Crippen molar-refractivity contribution in [3.05, 3.63) is 59.9 Å². The van der Waals surface area contributed by atoms with Gasteiger partial charge in [0.2, 0.25) is 5.91 Å². The van der Waals surface area contributed by atoms with Crippen LogP contribution >= 0.6 is 0 Å². The second-order valence-corrected chi connectivity index (χ2v) is 7.76. The highest BCUT2D eigenvalue weighted by Crippen LogP contribution is 2.21. The normalized spacial score (nSPS) is 18.3. The van der Waals surface area contributed by atoms with Crippen molar-refractivity contribution in [2.45, 2.75) is 13.2 Å². The molecule has 30 heavy (non-hydrogen) atoms. The highest BCUT2D eigenvalue weighted by molar-refractivity contribution is 5.78. The molecule has 7 nitrogen and oxygen atoms in total. The van der Waals surface area contributed by atoms with E-state index < -0.39 is 0 Å². The third-order valence-corrected chi connectivity index (χ3v) is 5.66. The van der Waals surface area contributed by atoms with E-state index in [0.717, 1.165) is 44.2 Å². The third kappa shape index (κ3) is 5.78. The molecule has 7 heteroatoms. The first-order chi connectivity index (χ1) is 14.8. The monoisotopic (exact) mass is 410 g/mol. The second-order valence-electron chi connectivity index (χ2n) is 7.76. The van der Waals surface area contributed by atoms with Crippen LogP contribution in [0.1, 0.15) is 11.3 Å². The summed E-state index contributed by atoms with van der Waals surface area (Å²) in [6.45, 7) is 8.29. The van der Waals surface area contributed by atoms with Gasteiger partial charge in [-0.2, -0.15) is 0 Å². The Morgan fingerprint density at radius 2 is 1.67 bits per heavy atom. The molecule has 0 unspecified atom stereocenters. The van der Waals surface area contributed by atoms with Gasteiger partial charge in [0.1, 0.15) is 12.4 Å². The number of rotatable bonds is 7. The highest BCUT2D eigenvalue weighted by Gasteiger charge is 2.23. The zero-order valence-electron chi connectivity index (χ0n) is 17.4. The van der Waals surface area contributed by atoms with Gasteiger partial charge in [0.05, 0.1) is 25.5 Å². The topological polar surface area (TPSA) is 58.1 Å². The number of para-hydroxylation sites is 1. The molecule has 3 heterocycles. The maximum absolute atomic E-state index is 12.5. The van der Waals surface area contributed by atoms with Gasteiger partial charge in [-0.25, -0.2) is 0 Å². The Labute approximate surface area is 178 Å². The van der Waals surface area contributed by atoms with E-state index >= 15 is 0 Å². The number of piperazine rings is 1. The lowest BCUT2D eigenvalue weighted by molar-refractivity contribution is -0.136. The largest absolute Gasteiger partial charge is 0.487 e. The van der Waals surface area contributed by atoms with Gasteiger partial charge in [-0.15, -0.1) is 0 Å². The van der Waals surface area contributed by atoms with Gasteiger partial charge in [-0.05, 0) is 18.2 Å². The number of aromatic nitrogens is 1. The number of carbonyl (C=O) groups excluding carboxylic acids is 1. The van der Waals surface area contributed by atoms with Crippen molar-refractivity contribution in [3.8, 4) is 5.75 Å².